The van der Waals surface area contributed by atoms with Gasteiger partial charge in [0.2, 0.25) is 0 Å². The van der Waals surface area contributed by atoms with Gasteiger partial charge < -0.3 is 10.6 Å². The van der Waals surface area contributed by atoms with Gasteiger partial charge in [-0.2, -0.15) is 0 Å². The summed E-state index contributed by atoms with van der Waals surface area (Å²) in [6, 6.07) is 0.420. The van der Waals surface area contributed by atoms with E-state index in [-0.39, 0.29) is 0 Å². The van der Waals surface area contributed by atoms with E-state index in [1.54, 1.807) is 0 Å². The van der Waals surface area contributed by atoms with E-state index >= 15 is 0 Å². The molecule has 2 N–H and O–H groups in total. The number of hydrogen-bond donors (Lipinski definition) is 1. The minimum absolute atomic E-state index is 0.420. The van der Waals surface area contributed by atoms with Crippen LogP contribution in [0.1, 0.15) is 78.1 Å². The molecule has 0 bridgehead atoms. The first kappa shape index (κ1) is 17.0. The Balaban J connectivity index is 1.79. The molecule has 1 rings (SSSR count). The Hall–Kier alpha value is -0.0800. The fourth-order valence-corrected chi connectivity index (χ4v) is 3.10. The van der Waals surface area contributed by atoms with Crippen LogP contribution in [0.5, 0.6) is 0 Å². The molecule has 0 saturated carbocycles. The van der Waals surface area contributed by atoms with Crippen LogP contribution in [0.25, 0.3) is 0 Å². The van der Waals surface area contributed by atoms with Crippen LogP contribution in [0.2, 0.25) is 0 Å². The highest BCUT2D eigenvalue weighted by atomic mass is 15.2. The Morgan fingerprint density at radius 1 is 0.842 bits per heavy atom. The molecule has 1 saturated heterocycles. The molecule has 114 valence electrons. The fourth-order valence-electron chi connectivity index (χ4n) is 3.10. The van der Waals surface area contributed by atoms with Crippen LogP contribution in [0.4, 0.5) is 0 Å². The third-order valence-corrected chi connectivity index (χ3v) is 4.57. The Labute approximate surface area is 121 Å². The van der Waals surface area contributed by atoms with E-state index in [4.69, 9.17) is 5.73 Å². The molecule has 0 aliphatic carbocycles. The first-order valence-electron chi connectivity index (χ1n) is 8.72. The second-order valence-corrected chi connectivity index (χ2v) is 6.58. The van der Waals surface area contributed by atoms with Gasteiger partial charge in [0.15, 0.2) is 0 Å². The Bertz CT molecular complexity index is 195. The topological polar surface area (TPSA) is 29.3 Å². The van der Waals surface area contributed by atoms with Crippen molar-refractivity contribution >= 4 is 0 Å². The highest BCUT2D eigenvalue weighted by Gasteiger charge is 2.25. The zero-order valence-corrected chi connectivity index (χ0v) is 13.4. The van der Waals surface area contributed by atoms with E-state index in [1.165, 1.54) is 77.3 Å². The van der Waals surface area contributed by atoms with E-state index in [2.05, 4.69) is 18.7 Å². The molecule has 2 atom stereocenters. The van der Waals surface area contributed by atoms with Crippen LogP contribution in [0, 0.1) is 5.92 Å². The summed E-state index contributed by atoms with van der Waals surface area (Å²) in [6.45, 7) is 8.18. The highest BCUT2D eigenvalue weighted by molar-refractivity contribution is 4.83. The number of hydrogen-bond acceptors (Lipinski definition) is 2. The van der Waals surface area contributed by atoms with Gasteiger partial charge in [-0.1, -0.05) is 71.6 Å². The summed E-state index contributed by atoms with van der Waals surface area (Å²) in [6.07, 6.45) is 14.3. The lowest BCUT2D eigenvalue weighted by molar-refractivity contribution is 0.316. The molecule has 1 aliphatic heterocycles. The van der Waals surface area contributed by atoms with Crippen molar-refractivity contribution in [2.24, 2.45) is 11.7 Å². The van der Waals surface area contributed by atoms with Gasteiger partial charge in [0, 0.05) is 19.1 Å². The summed E-state index contributed by atoms with van der Waals surface area (Å²) in [5.41, 5.74) is 6.05. The first-order valence-corrected chi connectivity index (χ1v) is 8.72. The molecule has 1 aliphatic rings. The molecule has 0 spiro atoms. The maximum Gasteiger partial charge on any atom is 0.0206 e. The zero-order chi connectivity index (χ0) is 13.9. The molecule has 19 heavy (non-hydrogen) atoms. The molecule has 0 aromatic heterocycles. The van der Waals surface area contributed by atoms with E-state index in [1.807, 2.05) is 0 Å². The number of rotatable bonds is 11. The molecule has 0 radical (unpaired) electrons. The van der Waals surface area contributed by atoms with Crippen molar-refractivity contribution < 1.29 is 0 Å². The monoisotopic (exact) mass is 268 g/mol. The van der Waals surface area contributed by atoms with Gasteiger partial charge in [0.05, 0.1) is 0 Å². The predicted octanol–water partition coefficient (Wildman–Crippen LogP) is 4.19. The smallest absolute Gasteiger partial charge is 0.0206 e. The predicted molar refractivity (Wildman–Crippen MR) is 85.4 cm³/mol. The Kier molecular flexibility index (Phi) is 9.54. The van der Waals surface area contributed by atoms with Crippen LogP contribution in [-0.2, 0) is 0 Å². The average molecular weight is 268 g/mol. The van der Waals surface area contributed by atoms with E-state index in [0.717, 1.165) is 6.54 Å². The number of likely N-dealkylation sites (tertiary alicyclic amines) is 1. The third-order valence-electron chi connectivity index (χ3n) is 4.57. The molecule has 2 unspecified atom stereocenters. The average Bonchev–Trinajstić information content (AvgIpc) is 2.71. The van der Waals surface area contributed by atoms with E-state index in [0.29, 0.717) is 12.0 Å². The van der Waals surface area contributed by atoms with Crippen molar-refractivity contribution in [1.29, 1.82) is 0 Å². The van der Waals surface area contributed by atoms with Gasteiger partial charge in [-0.25, -0.2) is 0 Å². The summed E-state index contributed by atoms with van der Waals surface area (Å²) < 4.78 is 0. The Morgan fingerprint density at radius 2 is 1.37 bits per heavy atom. The molecule has 2 nitrogen and oxygen atoms in total. The molecule has 1 heterocycles. The standard InChI is InChI=1S/C17H36N2/c1-3-4-5-6-7-8-9-10-11-12-13-19-14-16(2)17(18)15-19/h16-17H,3-15,18H2,1-2H3. The summed E-state index contributed by atoms with van der Waals surface area (Å²) in [4.78, 5) is 2.56. The van der Waals surface area contributed by atoms with Crippen LogP contribution in [0.3, 0.4) is 0 Å². The highest BCUT2D eigenvalue weighted by Crippen LogP contribution is 2.16. The van der Waals surface area contributed by atoms with Gasteiger partial charge in [-0.05, 0) is 18.9 Å². The van der Waals surface area contributed by atoms with Gasteiger partial charge >= 0.3 is 0 Å². The summed E-state index contributed by atoms with van der Waals surface area (Å²) in [7, 11) is 0. The van der Waals surface area contributed by atoms with Gasteiger partial charge in [0.1, 0.15) is 0 Å². The molecule has 1 fully saturated rings. The SMILES string of the molecule is CCCCCCCCCCCCN1CC(C)C(N)C1. The van der Waals surface area contributed by atoms with Crippen molar-refractivity contribution in [1.82, 2.24) is 4.90 Å². The van der Waals surface area contributed by atoms with Crippen LogP contribution in [0.15, 0.2) is 0 Å². The second kappa shape index (κ2) is 10.7. The summed E-state index contributed by atoms with van der Waals surface area (Å²) in [5.74, 6) is 0.697. The van der Waals surface area contributed by atoms with Crippen LogP contribution in [-0.4, -0.2) is 30.6 Å². The molecule has 0 aromatic carbocycles. The van der Waals surface area contributed by atoms with Crippen LogP contribution >= 0.6 is 0 Å². The quantitative estimate of drug-likeness (QED) is 0.569. The van der Waals surface area contributed by atoms with Crippen molar-refractivity contribution in [3.63, 3.8) is 0 Å². The lowest BCUT2D eigenvalue weighted by Crippen LogP contribution is -2.28. The summed E-state index contributed by atoms with van der Waals surface area (Å²) >= 11 is 0. The van der Waals surface area contributed by atoms with E-state index in [9.17, 15) is 0 Å². The lowest BCUT2D eigenvalue weighted by Gasteiger charge is -2.14. The van der Waals surface area contributed by atoms with Crippen LogP contribution < -0.4 is 5.73 Å². The maximum absolute atomic E-state index is 6.05. The van der Waals surface area contributed by atoms with Crippen molar-refractivity contribution in [3.05, 3.63) is 0 Å². The first-order chi connectivity index (χ1) is 9.24. The number of unbranched alkanes of at least 4 members (excludes halogenated alkanes) is 9. The van der Waals surface area contributed by atoms with Gasteiger partial charge in [0.25, 0.3) is 0 Å². The molecule has 0 aromatic rings. The van der Waals surface area contributed by atoms with Gasteiger partial charge in [-0.15, -0.1) is 0 Å². The molecular formula is C17H36N2. The van der Waals surface area contributed by atoms with Crippen molar-refractivity contribution in [3.8, 4) is 0 Å². The fraction of sp³-hybridized carbons (Fsp3) is 1.00. The normalized spacial score (nSPS) is 24.2. The Morgan fingerprint density at radius 3 is 1.84 bits per heavy atom. The maximum atomic E-state index is 6.05. The number of nitrogens with zero attached hydrogens (tertiary/aromatic N) is 1. The van der Waals surface area contributed by atoms with E-state index < -0.39 is 0 Å². The molecular weight excluding hydrogens is 232 g/mol. The largest absolute Gasteiger partial charge is 0.326 e. The molecule has 2 heteroatoms. The summed E-state index contributed by atoms with van der Waals surface area (Å²) in [5, 5.41) is 0. The van der Waals surface area contributed by atoms with Crippen molar-refractivity contribution in [2.45, 2.75) is 84.1 Å². The minimum atomic E-state index is 0.420. The zero-order valence-electron chi connectivity index (χ0n) is 13.4. The number of nitrogens with two attached hydrogens (primary N) is 1. The van der Waals surface area contributed by atoms with Gasteiger partial charge in [-0.3, -0.25) is 0 Å². The third kappa shape index (κ3) is 7.94. The minimum Gasteiger partial charge on any atom is -0.326 e. The molecule has 0 amide bonds. The second-order valence-electron chi connectivity index (χ2n) is 6.58. The lowest BCUT2D eigenvalue weighted by atomic mass is 10.1. The van der Waals surface area contributed by atoms with Crippen molar-refractivity contribution in [2.75, 3.05) is 19.6 Å².